The molecule has 0 aliphatic heterocycles. The number of anilines is 2. The number of fused-ring (bicyclic) bond motifs is 1. The zero-order chi connectivity index (χ0) is 25.3. The van der Waals surface area contributed by atoms with E-state index in [2.05, 4.69) is 27.3 Å². The number of nitriles is 1. The first-order chi connectivity index (χ1) is 15.9. The number of halogens is 4. The van der Waals surface area contributed by atoms with E-state index in [4.69, 9.17) is 5.26 Å². The van der Waals surface area contributed by atoms with Gasteiger partial charge in [-0.2, -0.15) is 18.3 Å². The third kappa shape index (κ3) is 5.75. The lowest BCUT2D eigenvalue weighted by atomic mass is 10.0. The Hall–Kier alpha value is -3.39. The van der Waals surface area contributed by atoms with Crippen LogP contribution < -0.4 is 16.2 Å². The highest BCUT2D eigenvalue weighted by molar-refractivity contribution is 5.91. The number of benzene rings is 1. The van der Waals surface area contributed by atoms with Gasteiger partial charge < -0.3 is 10.3 Å². The lowest BCUT2D eigenvalue weighted by molar-refractivity contribution is -0.162. The van der Waals surface area contributed by atoms with Gasteiger partial charge in [0, 0.05) is 36.1 Å². The fourth-order valence-electron chi connectivity index (χ4n) is 3.65. The summed E-state index contributed by atoms with van der Waals surface area (Å²) in [6, 6.07) is 3.03. The SMILES string of the molecule is C#N.CC(C)(C)NC(c1ccc(Nc2nn(CC3CC3)c3cc[nH]c(=O)c23)cc1F)C(F)(F)F. The minimum Gasteiger partial charge on any atom is -0.338 e. The van der Waals surface area contributed by atoms with Crippen LogP contribution in [0, 0.1) is 23.6 Å². The molecule has 1 aliphatic rings. The number of rotatable bonds is 6. The van der Waals surface area contributed by atoms with E-state index in [-0.39, 0.29) is 17.1 Å². The first kappa shape index (κ1) is 25.2. The van der Waals surface area contributed by atoms with Crippen LogP contribution in [0.2, 0.25) is 0 Å². The predicted molar refractivity (Wildman–Crippen MR) is 121 cm³/mol. The number of hydrogen-bond acceptors (Lipinski definition) is 5. The van der Waals surface area contributed by atoms with Crippen LogP contribution >= 0.6 is 0 Å². The van der Waals surface area contributed by atoms with Crippen molar-refractivity contribution in [1.82, 2.24) is 20.1 Å². The van der Waals surface area contributed by atoms with Crippen molar-refractivity contribution >= 4 is 22.4 Å². The Morgan fingerprint density at radius 1 is 1.24 bits per heavy atom. The van der Waals surface area contributed by atoms with Gasteiger partial charge in [0.2, 0.25) is 0 Å². The van der Waals surface area contributed by atoms with Gasteiger partial charge in [0.1, 0.15) is 17.2 Å². The van der Waals surface area contributed by atoms with Gasteiger partial charge in [-0.1, -0.05) is 6.07 Å². The van der Waals surface area contributed by atoms with E-state index in [9.17, 15) is 22.4 Å². The van der Waals surface area contributed by atoms with Crippen LogP contribution in [0.25, 0.3) is 10.9 Å². The largest absolute Gasteiger partial charge is 0.408 e. The number of nitrogens with one attached hydrogen (secondary N) is 3. The molecule has 1 aromatic carbocycles. The van der Waals surface area contributed by atoms with Crippen LogP contribution in [0.15, 0.2) is 35.3 Å². The molecule has 3 aromatic rings. The van der Waals surface area contributed by atoms with Gasteiger partial charge in [0.05, 0.1) is 5.52 Å². The van der Waals surface area contributed by atoms with Crippen LogP contribution in [0.1, 0.15) is 45.2 Å². The number of hydrogen-bond donors (Lipinski definition) is 3. The lowest BCUT2D eigenvalue weighted by Crippen LogP contribution is -2.45. The topological polar surface area (TPSA) is 98.5 Å². The Balaban J connectivity index is 0.00000158. The van der Waals surface area contributed by atoms with E-state index in [1.807, 2.05) is 0 Å². The fraction of sp³-hybridized carbons (Fsp3) is 0.435. The standard InChI is InChI=1S/C22H25F4N5O.CHN/c1-21(2,3)29-18(22(24,25)26)14-7-6-13(10-15(14)23)28-19-17-16(8-9-27-20(17)32)31(30-19)11-12-4-5-12;1-2/h6-10,12,18,29H,4-5,11H2,1-3H3,(H,27,32)(H,28,30);1H. The van der Waals surface area contributed by atoms with Crippen molar-refractivity contribution in [1.29, 1.82) is 5.26 Å². The number of aromatic amines is 1. The lowest BCUT2D eigenvalue weighted by Gasteiger charge is -2.30. The molecule has 2 heterocycles. The molecule has 1 fully saturated rings. The van der Waals surface area contributed by atoms with E-state index in [1.165, 1.54) is 12.3 Å². The van der Waals surface area contributed by atoms with E-state index in [0.717, 1.165) is 25.0 Å². The molecule has 3 N–H and O–H groups in total. The summed E-state index contributed by atoms with van der Waals surface area (Å²) in [5.41, 5.74) is -0.885. The normalized spacial score (nSPS) is 15.0. The van der Waals surface area contributed by atoms with Gasteiger partial charge in [-0.3, -0.25) is 14.8 Å². The fourth-order valence-corrected chi connectivity index (χ4v) is 3.65. The zero-order valence-corrected chi connectivity index (χ0v) is 19.0. The Labute approximate surface area is 193 Å². The van der Waals surface area contributed by atoms with E-state index < -0.39 is 29.1 Å². The monoisotopic (exact) mass is 478 g/mol. The molecular weight excluding hydrogens is 452 g/mol. The summed E-state index contributed by atoms with van der Waals surface area (Å²) in [5.74, 6) is -0.267. The second-order valence-corrected chi connectivity index (χ2v) is 9.27. The maximum Gasteiger partial charge on any atom is 0.408 e. The average molecular weight is 478 g/mol. The summed E-state index contributed by atoms with van der Waals surface area (Å²) >= 11 is 0. The first-order valence-corrected chi connectivity index (χ1v) is 10.7. The Bertz CT molecular complexity index is 1230. The van der Waals surface area contributed by atoms with Crippen molar-refractivity contribution in [3.63, 3.8) is 0 Å². The summed E-state index contributed by atoms with van der Waals surface area (Å²) in [6.07, 6.45) is -0.937. The molecule has 1 unspecified atom stereocenters. The summed E-state index contributed by atoms with van der Waals surface area (Å²) in [4.78, 5) is 15.0. The minimum atomic E-state index is -4.67. The minimum absolute atomic E-state index is 0.198. The van der Waals surface area contributed by atoms with Gasteiger partial charge in [0.25, 0.3) is 5.56 Å². The van der Waals surface area contributed by atoms with Crippen molar-refractivity contribution in [2.24, 2.45) is 5.92 Å². The number of H-pyrrole nitrogens is 1. The van der Waals surface area contributed by atoms with Crippen LogP contribution in [0.5, 0.6) is 0 Å². The third-order valence-electron chi connectivity index (χ3n) is 5.28. The van der Waals surface area contributed by atoms with Crippen molar-refractivity contribution < 1.29 is 17.6 Å². The molecule has 0 amide bonds. The Morgan fingerprint density at radius 2 is 1.91 bits per heavy atom. The molecule has 34 heavy (non-hydrogen) atoms. The number of alkyl halides is 3. The molecule has 11 heteroatoms. The molecule has 1 aliphatic carbocycles. The van der Waals surface area contributed by atoms with Gasteiger partial charge in [-0.15, -0.1) is 0 Å². The van der Waals surface area contributed by atoms with Crippen molar-refractivity contribution in [3.05, 3.63) is 52.2 Å². The maximum atomic E-state index is 14.8. The highest BCUT2D eigenvalue weighted by Crippen LogP contribution is 2.37. The van der Waals surface area contributed by atoms with Gasteiger partial charge in [0.15, 0.2) is 5.82 Å². The molecule has 2 aromatic heterocycles. The van der Waals surface area contributed by atoms with Gasteiger partial charge >= 0.3 is 6.18 Å². The highest BCUT2D eigenvalue weighted by Gasteiger charge is 2.43. The second-order valence-electron chi connectivity index (χ2n) is 9.27. The van der Waals surface area contributed by atoms with Crippen LogP contribution in [-0.4, -0.2) is 26.5 Å². The number of aromatic nitrogens is 3. The number of nitrogens with zero attached hydrogens (tertiary/aromatic N) is 3. The summed E-state index contributed by atoms with van der Waals surface area (Å²) in [7, 11) is 0. The molecule has 0 spiro atoms. The summed E-state index contributed by atoms with van der Waals surface area (Å²) < 4.78 is 57.3. The van der Waals surface area contributed by atoms with Crippen LogP contribution in [-0.2, 0) is 6.54 Å². The van der Waals surface area contributed by atoms with E-state index >= 15 is 0 Å². The number of pyridine rings is 1. The molecule has 1 saturated carbocycles. The van der Waals surface area contributed by atoms with Gasteiger partial charge in [-0.05, 0) is 57.7 Å². The van der Waals surface area contributed by atoms with Crippen LogP contribution in [0.4, 0.5) is 29.1 Å². The molecule has 0 radical (unpaired) electrons. The second kappa shape index (κ2) is 9.46. The Morgan fingerprint density at radius 3 is 2.47 bits per heavy atom. The molecule has 0 saturated heterocycles. The molecule has 1 atom stereocenters. The molecule has 4 rings (SSSR count). The first-order valence-electron chi connectivity index (χ1n) is 10.7. The predicted octanol–water partition coefficient (Wildman–Crippen LogP) is 5.15. The molecule has 182 valence electrons. The zero-order valence-electron chi connectivity index (χ0n) is 19.0. The molecule has 0 bridgehead atoms. The summed E-state index contributed by atoms with van der Waals surface area (Å²) in [6.45, 7) is 8.92. The third-order valence-corrected chi connectivity index (χ3v) is 5.28. The van der Waals surface area contributed by atoms with E-state index in [1.54, 1.807) is 31.5 Å². The van der Waals surface area contributed by atoms with Gasteiger partial charge in [-0.25, -0.2) is 9.65 Å². The molecular formula is C23H26F4N6O. The highest BCUT2D eigenvalue weighted by atomic mass is 19.4. The van der Waals surface area contributed by atoms with E-state index in [0.29, 0.717) is 23.4 Å². The van der Waals surface area contributed by atoms with Crippen LogP contribution in [0.3, 0.4) is 0 Å². The maximum absolute atomic E-state index is 14.8. The quantitative estimate of drug-likeness (QED) is 0.426. The smallest absolute Gasteiger partial charge is 0.338 e. The van der Waals surface area contributed by atoms with Crippen molar-refractivity contribution in [2.75, 3.05) is 5.32 Å². The summed E-state index contributed by atoms with van der Waals surface area (Å²) in [5, 5.41) is 16.6. The van der Waals surface area contributed by atoms with Crippen molar-refractivity contribution in [2.45, 2.75) is 57.9 Å². The molecule has 7 nitrogen and oxygen atoms in total. The Kier molecular flexibility index (Phi) is 7.02. The average Bonchev–Trinajstić information content (AvgIpc) is 3.49. The van der Waals surface area contributed by atoms with Crippen molar-refractivity contribution in [3.8, 4) is 6.57 Å².